The number of rotatable bonds is 5. The van der Waals surface area contributed by atoms with Crippen molar-refractivity contribution in [1.82, 2.24) is 14.2 Å². The zero-order valence-electron chi connectivity index (χ0n) is 8.94. The van der Waals surface area contributed by atoms with Gasteiger partial charge in [-0.25, -0.2) is 14.3 Å². The number of hydrogen-bond acceptors (Lipinski definition) is 4. The number of aromatic nitrogens is 3. The van der Waals surface area contributed by atoms with Gasteiger partial charge in [-0.15, -0.1) is 5.10 Å². The predicted octanol–water partition coefficient (Wildman–Crippen LogP) is -0.403. The SMILES string of the molecule is O=C(O)COCCn1nc2ccccn2c1=O. The molecule has 0 saturated carbocycles. The zero-order valence-corrected chi connectivity index (χ0v) is 8.94. The Bertz CT molecular complexity index is 586. The fourth-order valence-corrected chi connectivity index (χ4v) is 1.42. The second-order valence-corrected chi connectivity index (χ2v) is 3.38. The van der Waals surface area contributed by atoms with Crippen LogP contribution in [0.1, 0.15) is 0 Å². The quantitative estimate of drug-likeness (QED) is 0.715. The molecule has 2 rings (SSSR count). The summed E-state index contributed by atoms with van der Waals surface area (Å²) in [5.41, 5.74) is 0.287. The molecule has 2 aromatic heterocycles. The highest BCUT2D eigenvalue weighted by molar-refractivity contribution is 5.67. The second kappa shape index (κ2) is 4.79. The fraction of sp³-hybridized carbons (Fsp3) is 0.300. The minimum Gasteiger partial charge on any atom is -0.480 e. The topological polar surface area (TPSA) is 85.8 Å². The van der Waals surface area contributed by atoms with E-state index in [1.165, 1.54) is 9.08 Å². The summed E-state index contributed by atoms with van der Waals surface area (Å²) in [7, 11) is 0. The van der Waals surface area contributed by atoms with E-state index < -0.39 is 5.97 Å². The number of aliphatic carboxylic acids is 1. The summed E-state index contributed by atoms with van der Waals surface area (Å²) in [6, 6.07) is 5.24. The molecule has 0 aliphatic heterocycles. The van der Waals surface area contributed by atoms with Gasteiger partial charge in [-0.05, 0) is 12.1 Å². The maximum atomic E-state index is 11.7. The van der Waals surface area contributed by atoms with Crippen LogP contribution in [0, 0.1) is 0 Å². The fourth-order valence-electron chi connectivity index (χ4n) is 1.42. The Kier molecular flexibility index (Phi) is 3.20. The smallest absolute Gasteiger partial charge is 0.350 e. The molecule has 2 heterocycles. The largest absolute Gasteiger partial charge is 0.480 e. The van der Waals surface area contributed by atoms with Crippen molar-refractivity contribution in [2.24, 2.45) is 0 Å². The Hall–Kier alpha value is -2.15. The lowest BCUT2D eigenvalue weighted by Gasteiger charge is -1.99. The highest BCUT2D eigenvalue weighted by Crippen LogP contribution is 1.94. The standard InChI is InChI=1S/C10H11N3O4/c14-9(15)7-17-6-5-13-10(16)12-4-2-1-3-8(12)11-13/h1-4H,5-7H2,(H,14,15). The van der Waals surface area contributed by atoms with Gasteiger partial charge in [0.05, 0.1) is 13.2 Å². The van der Waals surface area contributed by atoms with Crippen molar-refractivity contribution in [2.75, 3.05) is 13.2 Å². The molecule has 7 heteroatoms. The minimum atomic E-state index is -1.03. The molecule has 0 fully saturated rings. The molecular weight excluding hydrogens is 226 g/mol. The first kappa shape index (κ1) is 11.3. The molecule has 0 aliphatic carbocycles. The van der Waals surface area contributed by atoms with Crippen molar-refractivity contribution in [3.8, 4) is 0 Å². The molecule has 0 unspecified atom stereocenters. The molecule has 2 aromatic rings. The summed E-state index contributed by atoms with van der Waals surface area (Å²) in [5, 5.41) is 12.4. The van der Waals surface area contributed by atoms with Gasteiger partial charge < -0.3 is 9.84 Å². The van der Waals surface area contributed by atoms with Crippen LogP contribution >= 0.6 is 0 Å². The molecule has 90 valence electrons. The van der Waals surface area contributed by atoms with Crippen LogP contribution in [0.4, 0.5) is 0 Å². The van der Waals surface area contributed by atoms with Gasteiger partial charge in [0.1, 0.15) is 6.61 Å². The van der Waals surface area contributed by atoms with Crippen LogP contribution in [0.2, 0.25) is 0 Å². The van der Waals surface area contributed by atoms with Gasteiger partial charge in [-0.2, -0.15) is 0 Å². The Morgan fingerprint density at radius 2 is 2.29 bits per heavy atom. The summed E-state index contributed by atoms with van der Waals surface area (Å²) in [6.07, 6.45) is 1.62. The Morgan fingerprint density at radius 1 is 1.47 bits per heavy atom. The third kappa shape index (κ3) is 2.51. The number of carbonyl (C=O) groups is 1. The second-order valence-electron chi connectivity index (χ2n) is 3.38. The molecule has 0 atom stereocenters. The van der Waals surface area contributed by atoms with E-state index in [2.05, 4.69) is 5.10 Å². The van der Waals surface area contributed by atoms with Crippen LogP contribution in [0.5, 0.6) is 0 Å². The van der Waals surface area contributed by atoms with Crippen molar-refractivity contribution in [3.05, 3.63) is 34.9 Å². The first-order valence-corrected chi connectivity index (χ1v) is 5.02. The first-order valence-electron chi connectivity index (χ1n) is 5.02. The minimum absolute atomic E-state index is 0.135. The van der Waals surface area contributed by atoms with Crippen molar-refractivity contribution >= 4 is 11.6 Å². The number of fused-ring (bicyclic) bond motifs is 1. The molecule has 17 heavy (non-hydrogen) atoms. The molecule has 0 spiro atoms. The highest BCUT2D eigenvalue weighted by Gasteiger charge is 2.05. The summed E-state index contributed by atoms with van der Waals surface area (Å²) < 4.78 is 7.50. The van der Waals surface area contributed by atoms with Crippen molar-refractivity contribution in [1.29, 1.82) is 0 Å². The van der Waals surface area contributed by atoms with Gasteiger partial charge >= 0.3 is 11.7 Å². The maximum absolute atomic E-state index is 11.7. The number of hydrogen-bond donors (Lipinski definition) is 1. The zero-order chi connectivity index (χ0) is 12.3. The van der Waals surface area contributed by atoms with Gasteiger partial charge in [0.25, 0.3) is 0 Å². The van der Waals surface area contributed by atoms with Crippen LogP contribution in [0.3, 0.4) is 0 Å². The van der Waals surface area contributed by atoms with E-state index in [1.807, 2.05) is 0 Å². The van der Waals surface area contributed by atoms with Crippen LogP contribution in [0.25, 0.3) is 5.65 Å². The molecule has 0 aliphatic rings. The third-order valence-electron chi connectivity index (χ3n) is 2.16. The molecule has 0 radical (unpaired) electrons. The average molecular weight is 237 g/mol. The summed E-state index contributed by atoms with van der Waals surface area (Å²) in [4.78, 5) is 22.0. The van der Waals surface area contributed by atoms with Gasteiger partial charge in [0.2, 0.25) is 0 Å². The van der Waals surface area contributed by atoms with E-state index >= 15 is 0 Å². The van der Waals surface area contributed by atoms with Crippen LogP contribution in [0.15, 0.2) is 29.2 Å². The molecule has 1 N–H and O–H groups in total. The Balaban J connectivity index is 2.06. The van der Waals surface area contributed by atoms with Crippen molar-refractivity contribution in [2.45, 2.75) is 6.54 Å². The number of carboxylic acid groups (broad SMARTS) is 1. The first-order chi connectivity index (χ1) is 8.18. The summed E-state index contributed by atoms with van der Waals surface area (Å²) in [6.45, 7) is -0.00793. The van der Waals surface area contributed by atoms with E-state index in [1.54, 1.807) is 24.4 Å². The van der Waals surface area contributed by atoms with E-state index in [4.69, 9.17) is 9.84 Å². The summed E-state index contributed by atoms with van der Waals surface area (Å²) >= 11 is 0. The molecular formula is C10H11N3O4. The average Bonchev–Trinajstić information content (AvgIpc) is 2.63. The lowest BCUT2D eigenvalue weighted by Crippen LogP contribution is -2.23. The number of ether oxygens (including phenoxy) is 1. The molecule has 0 saturated heterocycles. The lowest BCUT2D eigenvalue weighted by atomic mass is 10.5. The van der Waals surface area contributed by atoms with Crippen molar-refractivity contribution < 1.29 is 14.6 Å². The number of carboxylic acids is 1. The van der Waals surface area contributed by atoms with E-state index in [0.717, 1.165) is 0 Å². The van der Waals surface area contributed by atoms with E-state index in [-0.39, 0.29) is 25.4 Å². The predicted molar refractivity (Wildman–Crippen MR) is 57.9 cm³/mol. The van der Waals surface area contributed by atoms with Gasteiger partial charge in [0, 0.05) is 6.20 Å². The van der Waals surface area contributed by atoms with E-state index in [9.17, 15) is 9.59 Å². The number of pyridine rings is 1. The van der Waals surface area contributed by atoms with Gasteiger partial charge in [-0.1, -0.05) is 6.07 Å². The van der Waals surface area contributed by atoms with Crippen molar-refractivity contribution in [3.63, 3.8) is 0 Å². The maximum Gasteiger partial charge on any atom is 0.350 e. The highest BCUT2D eigenvalue weighted by atomic mass is 16.5. The molecule has 0 amide bonds. The molecule has 0 aromatic carbocycles. The third-order valence-corrected chi connectivity index (χ3v) is 2.16. The van der Waals surface area contributed by atoms with Crippen LogP contribution < -0.4 is 5.69 Å². The van der Waals surface area contributed by atoms with Crippen LogP contribution in [-0.4, -0.2) is 38.5 Å². The van der Waals surface area contributed by atoms with E-state index in [0.29, 0.717) is 5.65 Å². The summed E-state index contributed by atoms with van der Waals surface area (Å²) in [5.74, 6) is -1.03. The monoisotopic (exact) mass is 237 g/mol. The lowest BCUT2D eigenvalue weighted by molar-refractivity contribution is -0.142. The Morgan fingerprint density at radius 3 is 3.00 bits per heavy atom. The molecule has 0 bridgehead atoms. The van der Waals surface area contributed by atoms with Crippen LogP contribution in [-0.2, 0) is 16.1 Å². The van der Waals surface area contributed by atoms with Gasteiger partial charge in [-0.3, -0.25) is 4.40 Å². The number of nitrogens with zero attached hydrogens (tertiary/aromatic N) is 3. The molecule has 7 nitrogen and oxygen atoms in total. The normalized spacial score (nSPS) is 10.8. The van der Waals surface area contributed by atoms with Gasteiger partial charge in [0.15, 0.2) is 5.65 Å². The Labute approximate surface area is 95.9 Å².